The monoisotopic (exact) mass is 377 g/mol. The minimum Gasteiger partial charge on any atom is -0.483 e. The predicted molar refractivity (Wildman–Crippen MR) is 106 cm³/mol. The van der Waals surface area contributed by atoms with E-state index in [9.17, 15) is 14.9 Å². The first-order valence-electron chi connectivity index (χ1n) is 9.42. The summed E-state index contributed by atoms with van der Waals surface area (Å²) in [6, 6.07) is 18.1. The van der Waals surface area contributed by atoms with Gasteiger partial charge in [0.25, 0.3) is 11.8 Å². The van der Waals surface area contributed by atoms with Crippen LogP contribution in [0.5, 0.6) is 5.75 Å². The fourth-order valence-electron chi connectivity index (χ4n) is 3.37. The van der Waals surface area contributed by atoms with Gasteiger partial charge in [-0.15, -0.1) is 0 Å². The number of nitrogens with zero attached hydrogens (tertiary/aromatic N) is 1. The van der Waals surface area contributed by atoms with Gasteiger partial charge in [-0.3, -0.25) is 9.59 Å². The van der Waals surface area contributed by atoms with Gasteiger partial charge < -0.3 is 15.4 Å². The van der Waals surface area contributed by atoms with Crippen molar-refractivity contribution in [3.63, 3.8) is 0 Å². The maximum Gasteiger partial charge on any atom is 0.259 e. The summed E-state index contributed by atoms with van der Waals surface area (Å²) >= 11 is 0. The molecule has 6 heteroatoms. The van der Waals surface area contributed by atoms with Gasteiger partial charge in [-0.2, -0.15) is 5.26 Å². The van der Waals surface area contributed by atoms with Crippen LogP contribution in [0.15, 0.2) is 54.6 Å². The molecule has 0 saturated heterocycles. The molecule has 2 N–H and O–H groups in total. The van der Waals surface area contributed by atoms with Crippen LogP contribution in [0.4, 0.5) is 5.69 Å². The zero-order valence-corrected chi connectivity index (χ0v) is 15.6. The van der Waals surface area contributed by atoms with E-state index in [-0.39, 0.29) is 18.4 Å². The van der Waals surface area contributed by atoms with E-state index in [1.807, 2.05) is 18.2 Å². The molecule has 2 aromatic rings. The standard InChI is InChI=1S/C22H23N3O3/c23-16-22(13-7-2-8-14-22)25-20(26)15-28-19-12-6-5-11-18(19)21(27)24-17-9-3-1-4-10-17/h1,3-6,9-12H,2,7-8,13-15H2,(H,24,27)(H,25,26). The van der Waals surface area contributed by atoms with Crippen LogP contribution < -0.4 is 15.4 Å². The maximum absolute atomic E-state index is 12.6. The number of rotatable bonds is 6. The Labute approximate surface area is 164 Å². The summed E-state index contributed by atoms with van der Waals surface area (Å²) in [5, 5.41) is 15.1. The summed E-state index contributed by atoms with van der Waals surface area (Å²) < 4.78 is 5.61. The zero-order chi connectivity index (χ0) is 19.8. The first-order valence-corrected chi connectivity index (χ1v) is 9.42. The average Bonchev–Trinajstić information content (AvgIpc) is 2.74. The van der Waals surface area contributed by atoms with Crippen LogP contribution in [0.1, 0.15) is 42.5 Å². The van der Waals surface area contributed by atoms with Gasteiger partial charge in [0.15, 0.2) is 6.61 Å². The lowest BCUT2D eigenvalue weighted by atomic mass is 9.83. The lowest BCUT2D eigenvalue weighted by Gasteiger charge is -2.31. The highest BCUT2D eigenvalue weighted by Gasteiger charge is 2.33. The van der Waals surface area contributed by atoms with E-state index in [0.29, 0.717) is 29.8 Å². The number of nitriles is 1. The van der Waals surface area contributed by atoms with Gasteiger partial charge in [-0.25, -0.2) is 0 Å². The molecular formula is C22H23N3O3. The SMILES string of the molecule is N#CC1(NC(=O)COc2ccccc2C(=O)Nc2ccccc2)CCCCC1. The molecule has 1 saturated carbocycles. The van der Waals surface area contributed by atoms with E-state index in [1.165, 1.54) is 0 Å². The number of carbonyl (C=O) groups excluding carboxylic acids is 2. The third-order valence-electron chi connectivity index (χ3n) is 4.82. The largest absolute Gasteiger partial charge is 0.483 e. The van der Waals surface area contributed by atoms with Crippen LogP contribution in [0.2, 0.25) is 0 Å². The molecular weight excluding hydrogens is 354 g/mol. The van der Waals surface area contributed by atoms with Crippen molar-refractivity contribution >= 4 is 17.5 Å². The van der Waals surface area contributed by atoms with E-state index >= 15 is 0 Å². The smallest absolute Gasteiger partial charge is 0.259 e. The zero-order valence-electron chi connectivity index (χ0n) is 15.6. The van der Waals surface area contributed by atoms with E-state index < -0.39 is 5.54 Å². The van der Waals surface area contributed by atoms with Gasteiger partial charge in [0, 0.05) is 5.69 Å². The van der Waals surface area contributed by atoms with Crippen LogP contribution in [-0.2, 0) is 4.79 Å². The van der Waals surface area contributed by atoms with Gasteiger partial charge in [0.1, 0.15) is 11.3 Å². The molecule has 3 rings (SSSR count). The summed E-state index contributed by atoms with van der Waals surface area (Å²) in [5.41, 5.74) is 0.211. The molecule has 0 aliphatic heterocycles. The van der Waals surface area contributed by atoms with Gasteiger partial charge in [-0.1, -0.05) is 49.6 Å². The average molecular weight is 377 g/mol. The number of amides is 2. The second kappa shape index (κ2) is 9.05. The number of benzene rings is 2. The van der Waals surface area contributed by atoms with E-state index in [0.717, 1.165) is 19.3 Å². The molecule has 0 aromatic heterocycles. The normalized spacial score (nSPS) is 15.1. The highest BCUT2D eigenvalue weighted by atomic mass is 16.5. The summed E-state index contributed by atoms with van der Waals surface area (Å²) in [4.78, 5) is 24.9. The quantitative estimate of drug-likeness (QED) is 0.804. The predicted octanol–water partition coefficient (Wildman–Crippen LogP) is 3.66. The van der Waals surface area contributed by atoms with Crippen LogP contribution >= 0.6 is 0 Å². The van der Waals surface area contributed by atoms with Gasteiger partial charge in [-0.05, 0) is 37.1 Å². The Hall–Kier alpha value is -3.33. The molecule has 0 bridgehead atoms. The Kier molecular flexibility index (Phi) is 6.28. The second-order valence-corrected chi connectivity index (χ2v) is 6.91. The first-order chi connectivity index (χ1) is 13.6. The van der Waals surface area contributed by atoms with E-state index in [1.54, 1.807) is 36.4 Å². The van der Waals surface area contributed by atoms with Crippen molar-refractivity contribution < 1.29 is 14.3 Å². The number of hydrogen-bond acceptors (Lipinski definition) is 4. The van der Waals surface area contributed by atoms with Crippen molar-refractivity contribution in [2.45, 2.75) is 37.6 Å². The molecule has 28 heavy (non-hydrogen) atoms. The molecule has 2 aromatic carbocycles. The topological polar surface area (TPSA) is 91.2 Å². The van der Waals surface area contributed by atoms with Crippen molar-refractivity contribution in [2.24, 2.45) is 0 Å². The molecule has 0 radical (unpaired) electrons. The third kappa shape index (κ3) is 4.89. The van der Waals surface area contributed by atoms with Crippen molar-refractivity contribution in [2.75, 3.05) is 11.9 Å². The number of hydrogen-bond donors (Lipinski definition) is 2. The molecule has 2 amide bonds. The molecule has 1 aliphatic carbocycles. The fourth-order valence-corrected chi connectivity index (χ4v) is 3.37. The molecule has 1 fully saturated rings. The number of nitrogens with one attached hydrogen (secondary N) is 2. The van der Waals surface area contributed by atoms with Crippen LogP contribution in [0.3, 0.4) is 0 Å². The summed E-state index contributed by atoms with van der Waals surface area (Å²) in [7, 11) is 0. The summed E-state index contributed by atoms with van der Waals surface area (Å²) in [6.45, 7) is -0.251. The lowest BCUT2D eigenvalue weighted by Crippen LogP contribution is -2.50. The molecule has 144 valence electrons. The number of ether oxygens (including phenoxy) is 1. The Bertz CT molecular complexity index is 868. The van der Waals surface area contributed by atoms with Crippen molar-refractivity contribution in [3.8, 4) is 11.8 Å². The molecule has 0 unspecified atom stereocenters. The van der Waals surface area contributed by atoms with Crippen molar-refractivity contribution in [1.29, 1.82) is 5.26 Å². The fraction of sp³-hybridized carbons (Fsp3) is 0.318. The van der Waals surface area contributed by atoms with Gasteiger partial charge in [0.05, 0.1) is 11.6 Å². The molecule has 1 aliphatic rings. The Morgan fingerprint density at radius 2 is 1.68 bits per heavy atom. The minimum absolute atomic E-state index is 0.251. The van der Waals surface area contributed by atoms with Crippen molar-refractivity contribution in [3.05, 3.63) is 60.2 Å². The lowest BCUT2D eigenvalue weighted by molar-refractivity contribution is -0.124. The highest BCUT2D eigenvalue weighted by Crippen LogP contribution is 2.27. The molecule has 0 atom stereocenters. The van der Waals surface area contributed by atoms with Crippen molar-refractivity contribution in [1.82, 2.24) is 5.32 Å². The Morgan fingerprint density at radius 1 is 1.00 bits per heavy atom. The summed E-state index contributed by atoms with van der Waals surface area (Å²) in [5.74, 6) is -0.356. The Morgan fingerprint density at radius 3 is 2.39 bits per heavy atom. The van der Waals surface area contributed by atoms with Gasteiger partial charge in [0.2, 0.25) is 0 Å². The number of carbonyl (C=O) groups is 2. The Balaban J connectivity index is 1.62. The highest BCUT2D eigenvalue weighted by molar-refractivity contribution is 6.06. The number of para-hydroxylation sites is 2. The minimum atomic E-state index is -0.803. The maximum atomic E-state index is 12.6. The molecule has 0 heterocycles. The van der Waals surface area contributed by atoms with Crippen LogP contribution in [-0.4, -0.2) is 24.0 Å². The van der Waals surface area contributed by atoms with Gasteiger partial charge >= 0.3 is 0 Å². The van der Waals surface area contributed by atoms with E-state index in [2.05, 4.69) is 16.7 Å². The third-order valence-corrected chi connectivity index (χ3v) is 4.82. The van der Waals surface area contributed by atoms with E-state index in [4.69, 9.17) is 4.74 Å². The van der Waals surface area contributed by atoms with Crippen LogP contribution in [0, 0.1) is 11.3 Å². The molecule has 0 spiro atoms. The van der Waals surface area contributed by atoms with Crippen LogP contribution in [0.25, 0.3) is 0 Å². The second-order valence-electron chi connectivity index (χ2n) is 6.91. The summed E-state index contributed by atoms with van der Waals surface area (Å²) in [6.07, 6.45) is 4.25. The molecule has 6 nitrogen and oxygen atoms in total. The number of anilines is 1. The first kappa shape index (κ1) is 19.4.